The van der Waals surface area contributed by atoms with Crippen molar-refractivity contribution in [3.63, 3.8) is 0 Å². The normalized spacial score (nSPS) is 18.2. The zero-order valence-corrected chi connectivity index (χ0v) is 20.2. The van der Waals surface area contributed by atoms with Gasteiger partial charge in [-0.05, 0) is 53.6 Å². The fourth-order valence-electron chi connectivity index (χ4n) is 5.37. The van der Waals surface area contributed by atoms with E-state index in [2.05, 4.69) is 10.2 Å². The molecule has 5 nitrogen and oxygen atoms in total. The zero-order chi connectivity index (χ0) is 25.4. The summed E-state index contributed by atoms with van der Waals surface area (Å²) in [5, 5.41) is 2.95. The molecule has 1 fully saturated rings. The third kappa shape index (κ3) is 4.35. The van der Waals surface area contributed by atoms with Crippen LogP contribution in [0, 0.1) is 0 Å². The van der Waals surface area contributed by atoms with Crippen LogP contribution >= 0.6 is 0 Å². The van der Waals surface area contributed by atoms with E-state index in [1.807, 2.05) is 72.8 Å². The number of halogens is 1. The number of nitrogens with zero attached hydrogens (tertiary/aromatic N) is 2. The van der Waals surface area contributed by atoms with Gasteiger partial charge in [0.2, 0.25) is 0 Å². The third-order valence-electron chi connectivity index (χ3n) is 7.13. The summed E-state index contributed by atoms with van der Waals surface area (Å²) < 4.78 is 14.2. The number of benzene rings is 4. The van der Waals surface area contributed by atoms with E-state index in [1.165, 1.54) is 0 Å². The Morgan fingerprint density at radius 3 is 2.22 bits per heavy atom. The van der Waals surface area contributed by atoms with Crippen LogP contribution in [0.1, 0.15) is 27.1 Å². The summed E-state index contributed by atoms with van der Waals surface area (Å²) in [6, 6.07) is 31.9. The number of nitrogens with one attached hydrogen (secondary N) is 1. The molecule has 184 valence electrons. The summed E-state index contributed by atoms with van der Waals surface area (Å²) >= 11 is 0. The second kappa shape index (κ2) is 9.54. The maximum atomic E-state index is 14.2. The Hall–Kier alpha value is -4.45. The Morgan fingerprint density at radius 2 is 1.43 bits per heavy atom. The van der Waals surface area contributed by atoms with Crippen LogP contribution in [0.25, 0.3) is 11.1 Å². The zero-order valence-electron chi connectivity index (χ0n) is 20.2. The highest BCUT2D eigenvalue weighted by molar-refractivity contribution is 6.10. The first kappa shape index (κ1) is 23.0. The van der Waals surface area contributed by atoms with Crippen molar-refractivity contribution in [2.45, 2.75) is 18.6 Å². The molecule has 0 radical (unpaired) electrons. The second-order valence-electron chi connectivity index (χ2n) is 9.49. The van der Waals surface area contributed by atoms with Crippen LogP contribution in [0.3, 0.4) is 0 Å². The molecule has 6 rings (SSSR count). The van der Waals surface area contributed by atoms with Crippen molar-refractivity contribution in [2.75, 3.05) is 28.2 Å². The average molecular weight is 492 g/mol. The van der Waals surface area contributed by atoms with Crippen LogP contribution in [-0.4, -0.2) is 37.1 Å². The number of amides is 2. The van der Waals surface area contributed by atoms with Gasteiger partial charge in [-0.3, -0.25) is 9.59 Å². The number of anilines is 3. The first-order valence-corrected chi connectivity index (χ1v) is 12.5. The lowest BCUT2D eigenvalue weighted by atomic mass is 9.99. The van der Waals surface area contributed by atoms with E-state index >= 15 is 0 Å². The lowest BCUT2D eigenvalue weighted by Crippen LogP contribution is -2.48. The Labute approximate surface area is 215 Å². The highest BCUT2D eigenvalue weighted by Gasteiger charge is 2.40. The molecule has 37 heavy (non-hydrogen) atoms. The van der Waals surface area contributed by atoms with E-state index in [-0.39, 0.29) is 17.9 Å². The molecule has 2 heterocycles. The summed E-state index contributed by atoms with van der Waals surface area (Å²) in [6.45, 7) is 0.816. The largest absolute Gasteiger partial charge is 0.362 e. The highest BCUT2D eigenvalue weighted by Crippen LogP contribution is 2.40. The number of para-hydroxylation sites is 2. The summed E-state index contributed by atoms with van der Waals surface area (Å²) in [5.74, 6) is -0.354. The van der Waals surface area contributed by atoms with Crippen LogP contribution in [-0.2, 0) is 0 Å². The van der Waals surface area contributed by atoms with Crippen molar-refractivity contribution in [1.29, 1.82) is 0 Å². The predicted octanol–water partition coefficient (Wildman–Crippen LogP) is 6.18. The van der Waals surface area contributed by atoms with Crippen molar-refractivity contribution >= 4 is 28.9 Å². The van der Waals surface area contributed by atoms with E-state index < -0.39 is 6.17 Å². The molecule has 0 bridgehead atoms. The van der Waals surface area contributed by atoms with Crippen molar-refractivity contribution in [3.8, 4) is 11.1 Å². The minimum absolute atomic E-state index is 0.0305. The van der Waals surface area contributed by atoms with Crippen molar-refractivity contribution in [3.05, 3.63) is 114 Å². The van der Waals surface area contributed by atoms with Crippen molar-refractivity contribution in [1.82, 2.24) is 0 Å². The van der Waals surface area contributed by atoms with E-state index in [9.17, 15) is 14.0 Å². The van der Waals surface area contributed by atoms with Gasteiger partial charge in [-0.25, -0.2) is 4.39 Å². The van der Waals surface area contributed by atoms with Crippen LogP contribution < -0.4 is 15.1 Å². The van der Waals surface area contributed by atoms with Crippen LogP contribution in [0.15, 0.2) is 103 Å². The van der Waals surface area contributed by atoms with E-state index in [4.69, 9.17) is 0 Å². The lowest BCUT2D eigenvalue weighted by Gasteiger charge is -2.40. The number of fused-ring (bicyclic) bond motifs is 3. The molecule has 1 N–H and O–H groups in total. The SMILES string of the molecule is O=C(Nc1ccc(C(=O)N2C[C@@H]3CC(F)CN3c3ccccc32)cc1)c1ccccc1-c1ccccc1. The number of carbonyl (C=O) groups excluding carboxylic acids is 2. The molecule has 4 aromatic rings. The topological polar surface area (TPSA) is 52.7 Å². The highest BCUT2D eigenvalue weighted by atomic mass is 19.1. The van der Waals surface area contributed by atoms with E-state index in [0.29, 0.717) is 36.3 Å². The van der Waals surface area contributed by atoms with Gasteiger partial charge < -0.3 is 15.1 Å². The Kier molecular flexibility index (Phi) is 5.93. The number of rotatable bonds is 4. The van der Waals surface area contributed by atoms with Gasteiger partial charge in [0.25, 0.3) is 11.8 Å². The van der Waals surface area contributed by atoms with E-state index in [1.54, 1.807) is 35.2 Å². The van der Waals surface area contributed by atoms with E-state index in [0.717, 1.165) is 22.5 Å². The second-order valence-corrected chi connectivity index (χ2v) is 9.49. The van der Waals surface area contributed by atoms with Crippen molar-refractivity contribution < 1.29 is 14.0 Å². The molecular weight excluding hydrogens is 465 g/mol. The van der Waals surface area contributed by atoms with Gasteiger partial charge in [0.05, 0.1) is 17.4 Å². The minimum atomic E-state index is -0.886. The molecule has 4 aromatic carbocycles. The van der Waals surface area contributed by atoms with Gasteiger partial charge in [-0.15, -0.1) is 0 Å². The van der Waals surface area contributed by atoms with Gasteiger partial charge in [-0.2, -0.15) is 0 Å². The maximum absolute atomic E-state index is 14.2. The molecule has 0 aromatic heterocycles. The molecule has 1 saturated heterocycles. The Bertz CT molecular complexity index is 1460. The quantitative estimate of drug-likeness (QED) is 0.371. The molecule has 0 spiro atoms. The molecule has 1 unspecified atom stereocenters. The summed E-state index contributed by atoms with van der Waals surface area (Å²) in [4.78, 5) is 30.5. The van der Waals surface area contributed by atoms with Crippen molar-refractivity contribution in [2.24, 2.45) is 0 Å². The van der Waals surface area contributed by atoms with Crippen LogP contribution in [0.2, 0.25) is 0 Å². The van der Waals surface area contributed by atoms with Gasteiger partial charge in [0.15, 0.2) is 0 Å². The summed E-state index contributed by atoms with van der Waals surface area (Å²) in [7, 11) is 0. The standard InChI is InChI=1S/C31H26FN3O2/c32-23-18-25-20-35(29-13-7-6-12-28(29)34(25)19-23)31(37)22-14-16-24(17-15-22)33-30(36)27-11-5-4-10-26(27)21-8-2-1-3-9-21/h1-17,23,25H,18-20H2,(H,33,36)/t23?,25-/m0/s1. The van der Waals surface area contributed by atoms with Gasteiger partial charge in [0.1, 0.15) is 6.17 Å². The van der Waals surface area contributed by atoms with Crippen LogP contribution in [0.4, 0.5) is 21.5 Å². The number of hydrogen-bond acceptors (Lipinski definition) is 3. The van der Waals surface area contributed by atoms with Gasteiger partial charge in [0, 0.05) is 36.3 Å². The molecule has 6 heteroatoms. The molecule has 0 saturated carbocycles. The molecule has 2 atom stereocenters. The fraction of sp³-hybridized carbons (Fsp3) is 0.161. The summed E-state index contributed by atoms with van der Waals surface area (Å²) in [5.41, 5.74) is 5.21. The Balaban J connectivity index is 1.21. The summed E-state index contributed by atoms with van der Waals surface area (Å²) in [6.07, 6.45) is -0.462. The molecule has 0 aliphatic carbocycles. The molecule has 2 amide bonds. The lowest BCUT2D eigenvalue weighted by molar-refractivity contribution is 0.0983. The number of alkyl halides is 1. The number of carbonyl (C=O) groups is 2. The average Bonchev–Trinajstić information content (AvgIpc) is 3.33. The third-order valence-corrected chi connectivity index (χ3v) is 7.13. The van der Waals surface area contributed by atoms with Gasteiger partial charge >= 0.3 is 0 Å². The number of hydrogen-bond donors (Lipinski definition) is 1. The molecular formula is C31H26FN3O2. The first-order valence-electron chi connectivity index (χ1n) is 12.5. The minimum Gasteiger partial charge on any atom is -0.362 e. The molecule has 2 aliphatic heterocycles. The fourth-order valence-corrected chi connectivity index (χ4v) is 5.37. The van der Waals surface area contributed by atoms with Crippen LogP contribution in [0.5, 0.6) is 0 Å². The molecule has 2 aliphatic rings. The van der Waals surface area contributed by atoms with Gasteiger partial charge in [-0.1, -0.05) is 60.7 Å². The smallest absolute Gasteiger partial charge is 0.258 e. The Morgan fingerprint density at radius 1 is 0.757 bits per heavy atom. The maximum Gasteiger partial charge on any atom is 0.258 e. The predicted molar refractivity (Wildman–Crippen MR) is 145 cm³/mol. The monoisotopic (exact) mass is 491 g/mol. The first-order chi connectivity index (χ1) is 18.1.